The van der Waals surface area contributed by atoms with Crippen molar-refractivity contribution >= 4 is 12.1 Å². The summed E-state index contributed by atoms with van der Waals surface area (Å²) in [5.74, 6) is -1.09. The molecule has 6 nitrogen and oxygen atoms in total. The molecular weight excluding hydrogens is 322 g/mol. The first-order chi connectivity index (χ1) is 12.1. The molecule has 3 unspecified atom stereocenters. The number of hydrogen-bond donors (Lipinski definition) is 1. The summed E-state index contributed by atoms with van der Waals surface area (Å²) in [4.78, 5) is 26.2. The van der Waals surface area contributed by atoms with Crippen molar-refractivity contribution in [3.05, 3.63) is 48.6 Å². The van der Waals surface area contributed by atoms with Crippen LogP contribution < -0.4 is 0 Å². The third-order valence-electron chi connectivity index (χ3n) is 4.28. The second-order valence-electron chi connectivity index (χ2n) is 5.96. The lowest BCUT2D eigenvalue weighted by molar-refractivity contribution is -0.151. The van der Waals surface area contributed by atoms with Gasteiger partial charge in [-0.25, -0.2) is 4.79 Å². The van der Waals surface area contributed by atoms with E-state index in [2.05, 4.69) is 6.58 Å². The number of hydrogen-bond acceptors (Lipinski definition) is 5. The Labute approximate surface area is 148 Å². The van der Waals surface area contributed by atoms with Crippen LogP contribution in [0, 0.1) is 5.92 Å². The fraction of sp³-hybridized carbons (Fsp3) is 0.474. The highest BCUT2D eigenvalue weighted by molar-refractivity contribution is 5.76. The van der Waals surface area contributed by atoms with Crippen LogP contribution in [0.4, 0.5) is 4.79 Å². The first-order valence-corrected chi connectivity index (χ1v) is 8.51. The molecule has 2 rings (SSSR count). The summed E-state index contributed by atoms with van der Waals surface area (Å²) in [6.07, 6.45) is 0.990. The van der Waals surface area contributed by atoms with E-state index in [1.807, 2.05) is 30.3 Å². The van der Waals surface area contributed by atoms with Crippen molar-refractivity contribution < 1.29 is 24.2 Å². The van der Waals surface area contributed by atoms with E-state index in [1.54, 1.807) is 13.0 Å². The maximum atomic E-state index is 12.5. The molecule has 1 amide bonds. The molecule has 0 aromatic heterocycles. The summed E-state index contributed by atoms with van der Waals surface area (Å²) >= 11 is 0. The van der Waals surface area contributed by atoms with E-state index >= 15 is 0 Å². The van der Waals surface area contributed by atoms with Gasteiger partial charge in [-0.1, -0.05) is 36.4 Å². The second-order valence-corrected chi connectivity index (χ2v) is 5.96. The molecule has 3 atom stereocenters. The Balaban J connectivity index is 2.07. The molecule has 136 valence electrons. The number of allylic oxidation sites excluding steroid dienone is 1. The van der Waals surface area contributed by atoms with E-state index in [9.17, 15) is 14.7 Å². The Bertz CT molecular complexity index is 589. The SMILES string of the molecule is C=CCC(C(=O)OCC)C1C(O)CCN1C(=O)OCc1ccccc1. The fourth-order valence-electron chi connectivity index (χ4n) is 3.10. The molecule has 0 radical (unpaired) electrons. The molecular formula is C19H25NO5. The van der Waals surface area contributed by atoms with Crippen molar-refractivity contribution in [1.82, 2.24) is 4.90 Å². The number of aliphatic hydroxyl groups excluding tert-OH is 1. The highest BCUT2D eigenvalue weighted by Crippen LogP contribution is 2.29. The van der Waals surface area contributed by atoms with Gasteiger partial charge in [0.1, 0.15) is 6.61 Å². The number of aliphatic hydroxyl groups is 1. The third kappa shape index (κ3) is 4.82. The molecule has 1 aromatic carbocycles. The van der Waals surface area contributed by atoms with Crippen LogP contribution in [-0.2, 0) is 20.9 Å². The fourth-order valence-corrected chi connectivity index (χ4v) is 3.10. The minimum Gasteiger partial charge on any atom is -0.466 e. The van der Waals surface area contributed by atoms with Gasteiger partial charge in [0.05, 0.1) is 24.7 Å². The highest BCUT2D eigenvalue weighted by Gasteiger charge is 2.44. The predicted molar refractivity (Wildman–Crippen MR) is 92.7 cm³/mol. The summed E-state index contributed by atoms with van der Waals surface area (Å²) in [7, 11) is 0. The number of carbonyl (C=O) groups excluding carboxylic acids is 2. The molecule has 1 aliphatic rings. The smallest absolute Gasteiger partial charge is 0.410 e. The van der Waals surface area contributed by atoms with Crippen LogP contribution >= 0.6 is 0 Å². The molecule has 1 saturated heterocycles. The van der Waals surface area contributed by atoms with E-state index in [-0.39, 0.29) is 13.2 Å². The van der Waals surface area contributed by atoms with E-state index in [4.69, 9.17) is 9.47 Å². The number of esters is 1. The minimum atomic E-state index is -0.793. The molecule has 0 saturated carbocycles. The molecule has 6 heteroatoms. The summed E-state index contributed by atoms with van der Waals surface area (Å²) < 4.78 is 10.5. The quantitative estimate of drug-likeness (QED) is 0.606. The van der Waals surface area contributed by atoms with Crippen LogP contribution in [0.2, 0.25) is 0 Å². The summed E-state index contributed by atoms with van der Waals surface area (Å²) in [5.41, 5.74) is 0.875. The number of nitrogens with zero attached hydrogens (tertiary/aromatic N) is 1. The van der Waals surface area contributed by atoms with Crippen LogP contribution in [0.3, 0.4) is 0 Å². The Morgan fingerprint density at radius 2 is 2.08 bits per heavy atom. The molecule has 25 heavy (non-hydrogen) atoms. The van der Waals surface area contributed by atoms with Gasteiger partial charge in [0.25, 0.3) is 0 Å². The zero-order chi connectivity index (χ0) is 18.2. The highest BCUT2D eigenvalue weighted by atomic mass is 16.6. The van der Waals surface area contributed by atoms with Gasteiger partial charge < -0.3 is 19.5 Å². The first kappa shape index (κ1) is 19.0. The number of likely N-dealkylation sites (tertiary alicyclic amines) is 1. The van der Waals surface area contributed by atoms with Gasteiger partial charge in [0, 0.05) is 6.54 Å². The van der Waals surface area contributed by atoms with Gasteiger partial charge in [0.15, 0.2) is 0 Å². The van der Waals surface area contributed by atoms with Crippen molar-refractivity contribution in [3.63, 3.8) is 0 Å². The Kier molecular flexibility index (Phi) is 7.01. The van der Waals surface area contributed by atoms with Crippen molar-refractivity contribution in [3.8, 4) is 0 Å². The Hall–Kier alpha value is -2.34. The van der Waals surface area contributed by atoms with Crippen molar-refractivity contribution in [1.29, 1.82) is 0 Å². The predicted octanol–water partition coefficient (Wildman–Crippen LogP) is 2.51. The number of carbonyl (C=O) groups is 2. The molecule has 1 N–H and O–H groups in total. The number of amides is 1. The van der Waals surface area contributed by atoms with Crippen LogP contribution in [0.5, 0.6) is 0 Å². The maximum Gasteiger partial charge on any atom is 0.410 e. The molecule has 0 aliphatic carbocycles. The zero-order valence-corrected chi connectivity index (χ0v) is 14.5. The normalized spacial score (nSPS) is 20.8. The Morgan fingerprint density at radius 1 is 1.36 bits per heavy atom. The largest absolute Gasteiger partial charge is 0.466 e. The van der Waals surface area contributed by atoms with Gasteiger partial charge in [0.2, 0.25) is 0 Å². The van der Waals surface area contributed by atoms with Gasteiger partial charge >= 0.3 is 12.1 Å². The van der Waals surface area contributed by atoms with E-state index in [0.717, 1.165) is 5.56 Å². The summed E-state index contributed by atoms with van der Waals surface area (Å²) in [5, 5.41) is 10.3. The monoisotopic (exact) mass is 347 g/mol. The van der Waals surface area contributed by atoms with E-state index < -0.39 is 30.1 Å². The van der Waals surface area contributed by atoms with Crippen LogP contribution in [-0.4, -0.2) is 47.4 Å². The van der Waals surface area contributed by atoms with Gasteiger partial charge in [-0.3, -0.25) is 4.79 Å². The van der Waals surface area contributed by atoms with Crippen molar-refractivity contribution in [2.45, 2.75) is 38.5 Å². The number of ether oxygens (including phenoxy) is 2. The molecule has 1 aliphatic heterocycles. The average molecular weight is 347 g/mol. The molecule has 1 fully saturated rings. The van der Waals surface area contributed by atoms with Crippen LogP contribution in [0.15, 0.2) is 43.0 Å². The van der Waals surface area contributed by atoms with Crippen molar-refractivity contribution in [2.24, 2.45) is 5.92 Å². The molecule has 1 aromatic rings. The number of benzene rings is 1. The van der Waals surface area contributed by atoms with Gasteiger partial charge in [-0.05, 0) is 25.3 Å². The summed E-state index contributed by atoms with van der Waals surface area (Å²) in [6, 6.07) is 8.68. The molecule has 0 spiro atoms. The lowest BCUT2D eigenvalue weighted by Gasteiger charge is -2.31. The van der Waals surface area contributed by atoms with Gasteiger partial charge in [-0.15, -0.1) is 6.58 Å². The maximum absolute atomic E-state index is 12.5. The average Bonchev–Trinajstić information content (AvgIpc) is 3.00. The lowest BCUT2D eigenvalue weighted by atomic mass is 9.92. The third-order valence-corrected chi connectivity index (χ3v) is 4.28. The topological polar surface area (TPSA) is 76.1 Å². The molecule has 1 heterocycles. The van der Waals surface area contributed by atoms with Crippen LogP contribution in [0.25, 0.3) is 0 Å². The minimum absolute atomic E-state index is 0.143. The molecule has 0 bridgehead atoms. The lowest BCUT2D eigenvalue weighted by Crippen LogP contribution is -2.47. The second kappa shape index (κ2) is 9.22. The number of rotatable bonds is 7. The Morgan fingerprint density at radius 3 is 2.72 bits per heavy atom. The summed E-state index contributed by atoms with van der Waals surface area (Å²) in [6.45, 7) is 6.11. The van der Waals surface area contributed by atoms with Crippen LogP contribution in [0.1, 0.15) is 25.3 Å². The first-order valence-electron chi connectivity index (χ1n) is 8.51. The van der Waals surface area contributed by atoms with Gasteiger partial charge in [-0.2, -0.15) is 0 Å². The van der Waals surface area contributed by atoms with Crippen molar-refractivity contribution in [2.75, 3.05) is 13.2 Å². The standard InChI is InChI=1S/C19H25NO5/c1-3-8-15(18(22)24-4-2)17-16(21)11-12-20(17)19(23)25-13-14-9-6-5-7-10-14/h3,5-7,9-10,15-17,21H,1,4,8,11-13H2,2H3. The van der Waals surface area contributed by atoms with E-state index in [1.165, 1.54) is 4.90 Å². The zero-order valence-electron chi connectivity index (χ0n) is 14.5. The van der Waals surface area contributed by atoms with E-state index in [0.29, 0.717) is 19.4 Å².